The van der Waals surface area contributed by atoms with Gasteiger partial charge in [0, 0.05) is 8.96 Å². The van der Waals surface area contributed by atoms with Gasteiger partial charge in [0.1, 0.15) is 5.52 Å². The number of nitrogen functional groups attached to an aromatic ring is 2. The van der Waals surface area contributed by atoms with E-state index in [0.29, 0.717) is 16.8 Å². The monoisotopic (exact) mass is 303 g/mol. The van der Waals surface area contributed by atoms with Gasteiger partial charge in [-0.1, -0.05) is 0 Å². The van der Waals surface area contributed by atoms with E-state index in [2.05, 4.69) is 4.98 Å². The molecule has 0 aliphatic heterocycles. The molecule has 2 aromatic rings. The number of halogens is 2. The minimum absolute atomic E-state index is 0.261. The summed E-state index contributed by atoms with van der Waals surface area (Å²) in [6.45, 7) is 0. The van der Waals surface area contributed by atoms with Crippen LogP contribution >= 0.6 is 22.6 Å². The third-order valence-electron chi connectivity index (χ3n) is 1.96. The van der Waals surface area contributed by atoms with Gasteiger partial charge < -0.3 is 11.5 Å². The van der Waals surface area contributed by atoms with Crippen LogP contribution in [0.2, 0.25) is 0 Å². The maximum Gasteiger partial charge on any atom is 0.150 e. The summed E-state index contributed by atoms with van der Waals surface area (Å²) in [5.41, 5.74) is 12.3. The maximum atomic E-state index is 13.4. The van der Waals surface area contributed by atoms with E-state index in [1.54, 1.807) is 6.07 Å². The van der Waals surface area contributed by atoms with Gasteiger partial charge in [-0.2, -0.15) is 0 Å². The van der Waals surface area contributed by atoms with Crippen LogP contribution in [0.4, 0.5) is 15.8 Å². The van der Waals surface area contributed by atoms with Crippen molar-refractivity contribution in [3.8, 4) is 0 Å². The van der Waals surface area contributed by atoms with Crippen molar-refractivity contribution in [2.45, 2.75) is 0 Å². The van der Waals surface area contributed by atoms with E-state index < -0.39 is 0 Å². The summed E-state index contributed by atoms with van der Waals surface area (Å²) in [5, 5.41) is 0.564. The highest BCUT2D eigenvalue weighted by atomic mass is 127. The first-order valence-corrected chi connectivity index (χ1v) is 4.96. The van der Waals surface area contributed by atoms with Crippen LogP contribution in [-0.4, -0.2) is 4.98 Å². The summed E-state index contributed by atoms with van der Waals surface area (Å²) >= 11 is 2.02. The molecule has 0 aliphatic carbocycles. The highest BCUT2D eigenvalue weighted by molar-refractivity contribution is 14.1. The van der Waals surface area contributed by atoms with E-state index in [1.807, 2.05) is 22.6 Å². The number of nitrogens with zero attached hydrogens (tertiary/aromatic N) is 1. The van der Waals surface area contributed by atoms with Crippen LogP contribution in [0.5, 0.6) is 0 Å². The lowest BCUT2D eigenvalue weighted by atomic mass is 10.1. The second kappa shape index (κ2) is 3.23. The number of benzene rings is 1. The Hall–Kier alpha value is -1.11. The molecule has 2 rings (SSSR count). The molecule has 14 heavy (non-hydrogen) atoms. The van der Waals surface area contributed by atoms with Gasteiger partial charge in [0.2, 0.25) is 0 Å². The second-order valence-corrected chi connectivity index (χ2v) is 4.16. The van der Waals surface area contributed by atoms with Crippen molar-refractivity contribution in [3.05, 3.63) is 27.7 Å². The summed E-state index contributed by atoms with van der Waals surface area (Å²) in [7, 11) is 0. The van der Waals surface area contributed by atoms with Crippen LogP contribution in [0.15, 0.2) is 18.3 Å². The average molecular weight is 303 g/mol. The molecule has 0 fully saturated rings. The Morgan fingerprint density at radius 2 is 2.00 bits per heavy atom. The van der Waals surface area contributed by atoms with Crippen molar-refractivity contribution in [2.24, 2.45) is 0 Å². The molecule has 0 amide bonds. The number of hydrogen-bond donors (Lipinski definition) is 2. The topological polar surface area (TPSA) is 64.9 Å². The van der Waals surface area contributed by atoms with E-state index in [1.165, 1.54) is 12.3 Å². The Morgan fingerprint density at radius 3 is 2.71 bits per heavy atom. The minimum atomic E-state index is -0.376. The third kappa shape index (κ3) is 1.37. The summed E-state index contributed by atoms with van der Waals surface area (Å²) in [6, 6.07) is 3.17. The molecule has 1 aromatic carbocycles. The molecular formula is C9H7FIN3. The maximum absolute atomic E-state index is 13.4. The Labute approximate surface area is 93.4 Å². The molecule has 0 bridgehead atoms. The molecule has 0 saturated heterocycles. The Bertz CT molecular complexity index is 513. The normalized spacial score (nSPS) is 10.7. The van der Waals surface area contributed by atoms with E-state index in [4.69, 9.17) is 11.5 Å². The van der Waals surface area contributed by atoms with Crippen LogP contribution in [0.3, 0.4) is 0 Å². The molecule has 0 radical (unpaired) electrons. The summed E-state index contributed by atoms with van der Waals surface area (Å²) < 4.78 is 14.2. The first kappa shape index (κ1) is 9.45. The SMILES string of the molecule is Nc1cnc2c(F)cc(I)cc2c1N. The van der Waals surface area contributed by atoms with E-state index >= 15 is 0 Å². The molecule has 0 unspecified atom stereocenters. The molecule has 1 heterocycles. The summed E-state index contributed by atoms with van der Waals surface area (Å²) in [5.74, 6) is -0.376. The zero-order valence-corrected chi connectivity index (χ0v) is 9.25. The molecular weight excluding hydrogens is 296 g/mol. The van der Waals surface area contributed by atoms with Crippen molar-refractivity contribution >= 4 is 44.9 Å². The van der Waals surface area contributed by atoms with Crippen LogP contribution in [0.25, 0.3) is 10.9 Å². The molecule has 5 heteroatoms. The van der Waals surface area contributed by atoms with Crippen molar-refractivity contribution in [1.82, 2.24) is 4.98 Å². The molecule has 0 aliphatic rings. The zero-order chi connectivity index (χ0) is 10.3. The van der Waals surface area contributed by atoms with Gasteiger partial charge in [0.15, 0.2) is 5.82 Å². The summed E-state index contributed by atoms with van der Waals surface area (Å²) in [6.07, 6.45) is 1.37. The zero-order valence-electron chi connectivity index (χ0n) is 7.09. The number of hydrogen-bond acceptors (Lipinski definition) is 3. The van der Waals surface area contributed by atoms with Gasteiger partial charge in [-0.3, -0.25) is 4.98 Å². The fourth-order valence-corrected chi connectivity index (χ4v) is 1.85. The highest BCUT2D eigenvalue weighted by Gasteiger charge is 2.08. The van der Waals surface area contributed by atoms with E-state index in [0.717, 1.165) is 3.57 Å². The first-order chi connectivity index (χ1) is 6.59. The molecule has 0 atom stereocenters. The molecule has 72 valence electrons. The van der Waals surface area contributed by atoms with Gasteiger partial charge in [-0.25, -0.2) is 4.39 Å². The minimum Gasteiger partial charge on any atom is -0.396 e. The number of pyridine rings is 1. The number of rotatable bonds is 0. The van der Waals surface area contributed by atoms with Crippen molar-refractivity contribution in [2.75, 3.05) is 11.5 Å². The van der Waals surface area contributed by atoms with Gasteiger partial charge in [-0.05, 0) is 34.7 Å². The Kier molecular flexibility index (Phi) is 2.18. The second-order valence-electron chi connectivity index (χ2n) is 2.91. The molecule has 1 aromatic heterocycles. The first-order valence-electron chi connectivity index (χ1n) is 3.88. The third-order valence-corrected chi connectivity index (χ3v) is 2.58. The van der Waals surface area contributed by atoms with E-state index in [-0.39, 0.29) is 11.3 Å². The summed E-state index contributed by atoms with van der Waals surface area (Å²) in [4.78, 5) is 3.90. The number of fused-ring (bicyclic) bond motifs is 1. The predicted molar refractivity (Wildman–Crippen MR) is 63.2 cm³/mol. The fraction of sp³-hybridized carbons (Fsp3) is 0. The van der Waals surface area contributed by atoms with Gasteiger partial charge in [0.05, 0.1) is 17.6 Å². The standard InChI is InChI=1S/C9H7FIN3/c10-6-2-4(11)1-5-8(13)7(12)3-14-9(5)6/h1-3H,12H2,(H2,13,14). The van der Waals surface area contributed by atoms with E-state index in [9.17, 15) is 4.39 Å². The van der Waals surface area contributed by atoms with Gasteiger partial charge in [0.25, 0.3) is 0 Å². The quantitative estimate of drug-likeness (QED) is 0.733. The van der Waals surface area contributed by atoms with Crippen LogP contribution in [-0.2, 0) is 0 Å². The average Bonchev–Trinajstić information content (AvgIpc) is 2.12. The number of anilines is 2. The van der Waals surface area contributed by atoms with Crippen LogP contribution < -0.4 is 11.5 Å². The highest BCUT2D eigenvalue weighted by Crippen LogP contribution is 2.27. The molecule has 3 nitrogen and oxygen atoms in total. The van der Waals surface area contributed by atoms with Crippen molar-refractivity contribution in [1.29, 1.82) is 0 Å². The van der Waals surface area contributed by atoms with Crippen LogP contribution in [0.1, 0.15) is 0 Å². The van der Waals surface area contributed by atoms with Crippen molar-refractivity contribution < 1.29 is 4.39 Å². The lowest BCUT2D eigenvalue weighted by Crippen LogP contribution is -1.98. The Morgan fingerprint density at radius 1 is 1.29 bits per heavy atom. The molecule has 0 saturated carbocycles. The lowest BCUT2D eigenvalue weighted by Gasteiger charge is -2.05. The largest absolute Gasteiger partial charge is 0.396 e. The fourth-order valence-electron chi connectivity index (χ4n) is 1.26. The number of aromatic nitrogens is 1. The van der Waals surface area contributed by atoms with Crippen LogP contribution in [0, 0.1) is 9.39 Å². The van der Waals surface area contributed by atoms with Crippen molar-refractivity contribution in [3.63, 3.8) is 0 Å². The number of nitrogens with two attached hydrogens (primary N) is 2. The molecule has 4 N–H and O–H groups in total. The molecule has 0 spiro atoms. The van der Waals surface area contributed by atoms with Gasteiger partial charge in [-0.15, -0.1) is 0 Å². The Balaban J connectivity index is 2.95. The van der Waals surface area contributed by atoms with Gasteiger partial charge >= 0.3 is 0 Å². The predicted octanol–water partition coefficient (Wildman–Crippen LogP) is 2.14. The lowest BCUT2D eigenvalue weighted by molar-refractivity contribution is 0.636. The smallest absolute Gasteiger partial charge is 0.150 e.